The smallest absolute Gasteiger partial charge is 0.222 e. The van der Waals surface area contributed by atoms with E-state index in [1.807, 2.05) is 6.07 Å². The molecular weight excluding hydrogens is 436 g/mol. The Labute approximate surface area is 210 Å². The predicted molar refractivity (Wildman–Crippen MR) is 145 cm³/mol. The summed E-state index contributed by atoms with van der Waals surface area (Å²) in [6, 6.07) is 8.64. The largest absolute Gasteiger partial charge is 0.496 e. The maximum atomic E-state index is 5.98. The topological polar surface area (TPSA) is 81.2 Å². The molecular formula is C28H42N6O. The van der Waals surface area contributed by atoms with Crippen LogP contribution in [0.2, 0.25) is 0 Å². The van der Waals surface area contributed by atoms with E-state index < -0.39 is 0 Å². The van der Waals surface area contributed by atoms with Crippen molar-refractivity contribution in [2.45, 2.75) is 66.0 Å². The molecule has 1 aliphatic rings. The number of nitrogens with two attached hydrogens (primary N) is 1. The average Bonchev–Trinajstić information content (AvgIpc) is 3.21. The lowest BCUT2D eigenvalue weighted by atomic mass is 9.91. The van der Waals surface area contributed by atoms with Crippen molar-refractivity contribution in [3.8, 4) is 5.75 Å². The Hall–Kier alpha value is -2.80. The maximum absolute atomic E-state index is 5.98. The highest BCUT2D eigenvalue weighted by Crippen LogP contribution is 2.29. The minimum atomic E-state index is 0.299. The first-order valence-electron chi connectivity index (χ1n) is 13.2. The summed E-state index contributed by atoms with van der Waals surface area (Å²) < 4.78 is 7.99. The number of hydrogen-bond acceptors (Lipinski definition) is 6. The lowest BCUT2D eigenvalue weighted by Crippen LogP contribution is -2.45. The molecule has 1 saturated heterocycles. The van der Waals surface area contributed by atoms with E-state index in [4.69, 9.17) is 10.5 Å². The summed E-state index contributed by atoms with van der Waals surface area (Å²) in [5.74, 6) is 3.69. The molecule has 0 radical (unpaired) electrons. The van der Waals surface area contributed by atoms with E-state index in [2.05, 4.69) is 69.9 Å². The molecule has 1 aromatic carbocycles. The van der Waals surface area contributed by atoms with Gasteiger partial charge in [0.25, 0.3) is 0 Å². The van der Waals surface area contributed by atoms with E-state index in [1.54, 1.807) is 7.11 Å². The van der Waals surface area contributed by atoms with Gasteiger partial charge in [0.2, 0.25) is 5.95 Å². The summed E-state index contributed by atoms with van der Waals surface area (Å²) >= 11 is 0. The molecule has 0 saturated carbocycles. The molecule has 0 aliphatic carbocycles. The number of ether oxygens (including phenoxy) is 1. The Kier molecular flexibility index (Phi) is 8.50. The first-order chi connectivity index (χ1) is 17.0. The summed E-state index contributed by atoms with van der Waals surface area (Å²) in [6.45, 7) is 11.8. The Bertz CT molecular complexity index is 1100. The molecule has 1 aliphatic heterocycles. The van der Waals surface area contributed by atoms with Crippen LogP contribution in [0.4, 0.5) is 11.8 Å². The van der Waals surface area contributed by atoms with E-state index >= 15 is 0 Å². The number of unbranched alkanes of at least 4 members (excludes halogenated alkanes) is 2. The van der Waals surface area contributed by atoms with Gasteiger partial charge in [-0.2, -0.15) is 4.98 Å². The van der Waals surface area contributed by atoms with Crippen LogP contribution in [0, 0.1) is 11.8 Å². The van der Waals surface area contributed by atoms with E-state index in [0.29, 0.717) is 12.5 Å². The maximum Gasteiger partial charge on any atom is 0.222 e. The minimum Gasteiger partial charge on any atom is -0.496 e. The molecule has 4 rings (SSSR count). The Morgan fingerprint density at radius 2 is 1.97 bits per heavy atom. The molecule has 0 atom stereocenters. The molecule has 7 nitrogen and oxygen atoms in total. The third-order valence-corrected chi connectivity index (χ3v) is 6.98. The lowest BCUT2D eigenvalue weighted by molar-refractivity contribution is 0.0825. The summed E-state index contributed by atoms with van der Waals surface area (Å²) in [5, 5.41) is 3.48. The molecule has 0 bridgehead atoms. The lowest BCUT2D eigenvalue weighted by Gasteiger charge is -2.39. The van der Waals surface area contributed by atoms with E-state index in [1.165, 1.54) is 44.3 Å². The van der Waals surface area contributed by atoms with Gasteiger partial charge in [0.1, 0.15) is 11.3 Å². The number of nitrogen functional groups attached to an aromatic ring is 1. The van der Waals surface area contributed by atoms with Crippen LogP contribution in [0.1, 0.15) is 64.0 Å². The summed E-state index contributed by atoms with van der Waals surface area (Å²) in [4.78, 5) is 11.5. The van der Waals surface area contributed by atoms with E-state index in [-0.39, 0.29) is 0 Å². The van der Waals surface area contributed by atoms with Crippen LogP contribution in [-0.4, -0.2) is 46.2 Å². The molecule has 190 valence electrons. The van der Waals surface area contributed by atoms with Gasteiger partial charge in [0.05, 0.1) is 19.2 Å². The van der Waals surface area contributed by atoms with Gasteiger partial charge < -0.3 is 20.4 Å². The van der Waals surface area contributed by atoms with Gasteiger partial charge in [-0.15, -0.1) is 0 Å². The van der Waals surface area contributed by atoms with Crippen molar-refractivity contribution in [1.82, 2.24) is 19.4 Å². The number of nitrogens with one attached hydrogen (secondary N) is 1. The first kappa shape index (κ1) is 25.3. The van der Waals surface area contributed by atoms with Gasteiger partial charge in [-0.05, 0) is 42.4 Å². The third kappa shape index (κ3) is 6.45. The van der Waals surface area contributed by atoms with E-state index in [9.17, 15) is 0 Å². The molecule has 2 aromatic heterocycles. The number of aromatic nitrogens is 3. The predicted octanol–water partition coefficient (Wildman–Crippen LogP) is 5.54. The van der Waals surface area contributed by atoms with Gasteiger partial charge in [0.15, 0.2) is 5.82 Å². The monoisotopic (exact) mass is 478 g/mol. The molecule has 7 heteroatoms. The van der Waals surface area contributed by atoms with Crippen molar-refractivity contribution in [3.63, 3.8) is 0 Å². The van der Waals surface area contributed by atoms with Gasteiger partial charge in [-0.1, -0.05) is 52.2 Å². The zero-order valence-electron chi connectivity index (χ0n) is 21.9. The summed E-state index contributed by atoms with van der Waals surface area (Å²) in [5.41, 5.74) is 10.3. The number of nitrogens with zero attached hydrogens (tertiary/aromatic N) is 4. The molecule has 0 amide bonds. The van der Waals surface area contributed by atoms with Crippen molar-refractivity contribution < 1.29 is 4.74 Å². The number of benzene rings is 1. The van der Waals surface area contributed by atoms with Crippen LogP contribution < -0.4 is 15.8 Å². The van der Waals surface area contributed by atoms with Crippen LogP contribution >= 0.6 is 0 Å². The number of hydrogen-bond donors (Lipinski definition) is 2. The zero-order chi connectivity index (χ0) is 24.8. The fourth-order valence-electron chi connectivity index (χ4n) is 4.98. The highest BCUT2D eigenvalue weighted by molar-refractivity contribution is 5.87. The molecule has 0 unspecified atom stereocenters. The first-order valence-corrected chi connectivity index (χ1v) is 13.2. The fourth-order valence-corrected chi connectivity index (χ4v) is 4.98. The van der Waals surface area contributed by atoms with Crippen LogP contribution in [0.15, 0.2) is 30.5 Å². The second-order valence-electron chi connectivity index (χ2n) is 10.4. The van der Waals surface area contributed by atoms with Gasteiger partial charge in [0, 0.05) is 37.9 Å². The van der Waals surface area contributed by atoms with Gasteiger partial charge in [-0.25, -0.2) is 4.98 Å². The molecule has 35 heavy (non-hydrogen) atoms. The van der Waals surface area contributed by atoms with Crippen LogP contribution in [0.3, 0.4) is 0 Å². The Morgan fingerprint density at radius 3 is 2.71 bits per heavy atom. The van der Waals surface area contributed by atoms with Crippen molar-refractivity contribution >= 4 is 22.8 Å². The van der Waals surface area contributed by atoms with E-state index in [0.717, 1.165) is 59.5 Å². The Balaban J connectivity index is 1.45. The number of likely N-dealkylation sites (tertiary alicyclic amines) is 1. The second-order valence-corrected chi connectivity index (χ2v) is 10.4. The Morgan fingerprint density at radius 1 is 1.14 bits per heavy atom. The third-order valence-electron chi connectivity index (χ3n) is 6.98. The zero-order valence-corrected chi connectivity index (χ0v) is 21.9. The van der Waals surface area contributed by atoms with Crippen LogP contribution in [0.25, 0.3) is 11.0 Å². The molecule has 3 heterocycles. The quantitative estimate of drug-likeness (QED) is 0.314. The summed E-state index contributed by atoms with van der Waals surface area (Å²) in [6.07, 6.45) is 8.23. The molecule has 0 spiro atoms. The van der Waals surface area contributed by atoms with Crippen molar-refractivity contribution in [2.24, 2.45) is 11.8 Å². The molecule has 1 fully saturated rings. The number of fused-ring (bicyclic) bond motifs is 1. The number of methoxy groups -OCH3 is 1. The minimum absolute atomic E-state index is 0.299. The normalized spacial score (nSPS) is 14.5. The second kappa shape index (κ2) is 11.8. The highest BCUT2D eigenvalue weighted by Gasteiger charge is 2.26. The van der Waals surface area contributed by atoms with Crippen LogP contribution in [-0.2, 0) is 13.1 Å². The standard InChI is InChI=1S/C28H42N6O/c1-5-6-7-13-30-27-26-24(31-28(29)32-27)12-14-34(26)19-23-11-10-21(15-25(23)35-4)16-33-17-22(18-33)9-8-20(2)3/h10-12,14-15,20,22H,5-9,13,16-19H2,1-4H3,(H3,29,30,31,32). The van der Waals surface area contributed by atoms with Gasteiger partial charge in [-0.3, -0.25) is 4.90 Å². The van der Waals surface area contributed by atoms with Crippen LogP contribution in [0.5, 0.6) is 5.75 Å². The van der Waals surface area contributed by atoms with Crippen molar-refractivity contribution in [2.75, 3.05) is 37.8 Å². The molecule has 3 aromatic rings. The van der Waals surface area contributed by atoms with Crippen molar-refractivity contribution in [3.05, 3.63) is 41.6 Å². The SMILES string of the molecule is CCCCCNc1nc(N)nc2ccn(Cc3ccc(CN4CC(CCC(C)C)C4)cc3OC)c12. The van der Waals surface area contributed by atoms with Gasteiger partial charge >= 0.3 is 0 Å². The average molecular weight is 479 g/mol. The highest BCUT2D eigenvalue weighted by atomic mass is 16.5. The fraction of sp³-hybridized carbons (Fsp3) is 0.571. The number of anilines is 2. The van der Waals surface area contributed by atoms with Crippen molar-refractivity contribution in [1.29, 1.82) is 0 Å². The number of rotatable bonds is 13. The summed E-state index contributed by atoms with van der Waals surface area (Å²) in [7, 11) is 1.76. The molecule has 3 N–H and O–H groups in total.